The zero-order chi connectivity index (χ0) is 43.9. The third-order valence-electron chi connectivity index (χ3n) is 12.0. The first-order valence-corrected chi connectivity index (χ1v) is 21.6. The summed E-state index contributed by atoms with van der Waals surface area (Å²) in [6, 6.07) is 10.3. The molecule has 0 spiro atoms. The number of H-pyrrole nitrogens is 1. The predicted octanol–water partition coefficient (Wildman–Crippen LogP) is 6.92. The second kappa shape index (κ2) is 17.3. The van der Waals surface area contributed by atoms with E-state index in [1.807, 2.05) is 25.5 Å². The van der Waals surface area contributed by atoms with Crippen LogP contribution in [-0.2, 0) is 25.6 Å². The number of nitrogens with zero attached hydrogens (tertiary/aromatic N) is 6. The normalized spacial score (nSPS) is 16.5. The Hall–Kier alpha value is -6.59. The van der Waals surface area contributed by atoms with Crippen LogP contribution in [0.1, 0.15) is 112 Å². The van der Waals surface area contributed by atoms with E-state index in [9.17, 15) is 24.0 Å². The third-order valence-corrected chi connectivity index (χ3v) is 12.0. The van der Waals surface area contributed by atoms with E-state index in [-0.39, 0.29) is 54.2 Å². The Morgan fingerprint density at radius 2 is 1.75 bits per heavy atom. The Morgan fingerprint density at radius 3 is 2.49 bits per heavy atom. The van der Waals surface area contributed by atoms with Crippen molar-refractivity contribution in [2.75, 3.05) is 43.6 Å². The molecule has 0 saturated heterocycles. The van der Waals surface area contributed by atoms with Crippen LogP contribution in [0.3, 0.4) is 0 Å². The fourth-order valence-corrected chi connectivity index (χ4v) is 8.67. The number of rotatable bonds is 18. The molecular formula is C46H49N9O8. The molecule has 17 nitrogen and oxygen atoms in total. The Labute approximate surface area is 362 Å². The van der Waals surface area contributed by atoms with Crippen molar-refractivity contribution in [1.29, 1.82) is 0 Å². The van der Waals surface area contributed by atoms with Crippen LogP contribution in [0.5, 0.6) is 0 Å². The molecule has 2 saturated carbocycles. The molecule has 0 bridgehead atoms. The lowest BCUT2D eigenvalue weighted by Crippen LogP contribution is -2.47. The largest absolute Gasteiger partial charge is 0.382 e. The fourth-order valence-electron chi connectivity index (χ4n) is 8.67. The van der Waals surface area contributed by atoms with Gasteiger partial charge in [0.15, 0.2) is 17.4 Å². The van der Waals surface area contributed by atoms with Gasteiger partial charge in [-0.3, -0.25) is 28.9 Å². The van der Waals surface area contributed by atoms with Crippen molar-refractivity contribution < 1.29 is 38.0 Å². The maximum Gasteiger partial charge on any atom is 0.264 e. The highest BCUT2D eigenvalue weighted by Gasteiger charge is 2.45. The molecule has 63 heavy (non-hydrogen) atoms. The Balaban J connectivity index is 0.803. The smallest absolute Gasteiger partial charge is 0.264 e. The highest BCUT2D eigenvalue weighted by atomic mass is 16.5. The lowest BCUT2D eigenvalue weighted by Gasteiger charge is -2.27. The molecule has 2 aliphatic carbocycles. The number of aryl methyl sites for hydroxylation is 4. The van der Waals surface area contributed by atoms with Crippen molar-refractivity contribution in [3.63, 3.8) is 0 Å². The molecule has 2 aromatic carbocycles. The molecule has 4 aromatic heterocycles. The van der Waals surface area contributed by atoms with Crippen LogP contribution in [0.4, 0.5) is 17.3 Å². The van der Waals surface area contributed by atoms with Gasteiger partial charge in [-0.2, -0.15) is 5.10 Å². The summed E-state index contributed by atoms with van der Waals surface area (Å²) in [5.41, 5.74) is 7.15. The van der Waals surface area contributed by atoms with Gasteiger partial charge in [-0.05, 0) is 88.8 Å². The van der Waals surface area contributed by atoms with Crippen molar-refractivity contribution in [2.24, 2.45) is 0 Å². The number of benzene rings is 2. The molecular weight excluding hydrogens is 807 g/mol. The van der Waals surface area contributed by atoms with E-state index in [1.54, 1.807) is 18.2 Å². The summed E-state index contributed by atoms with van der Waals surface area (Å²) in [5.74, 6) is 0.770. The van der Waals surface area contributed by atoms with Crippen LogP contribution < -0.4 is 10.6 Å². The van der Waals surface area contributed by atoms with E-state index in [0.717, 1.165) is 73.7 Å². The van der Waals surface area contributed by atoms with E-state index in [4.69, 9.17) is 29.1 Å². The summed E-state index contributed by atoms with van der Waals surface area (Å²) in [6.45, 7) is 10.2. The minimum Gasteiger partial charge on any atom is -0.382 e. The quantitative estimate of drug-likeness (QED) is 0.0346. The van der Waals surface area contributed by atoms with Gasteiger partial charge in [-0.1, -0.05) is 11.2 Å². The van der Waals surface area contributed by atoms with E-state index in [2.05, 4.69) is 45.9 Å². The summed E-state index contributed by atoms with van der Waals surface area (Å²) in [7, 11) is 0. The van der Waals surface area contributed by atoms with Crippen LogP contribution in [0.2, 0.25) is 0 Å². The van der Waals surface area contributed by atoms with Crippen molar-refractivity contribution in [1.82, 2.24) is 34.8 Å². The molecule has 1 atom stereocenters. The average Bonchev–Trinajstić information content (AvgIpc) is 3.72. The molecule has 9 rings (SSSR count). The van der Waals surface area contributed by atoms with Crippen molar-refractivity contribution in [2.45, 2.75) is 91.1 Å². The lowest BCUT2D eigenvalue weighted by molar-refractivity contribution is -0.132. The average molecular weight is 856 g/mol. The second-order valence-electron chi connectivity index (χ2n) is 16.4. The van der Waals surface area contributed by atoms with Crippen molar-refractivity contribution in [3.05, 3.63) is 76.1 Å². The van der Waals surface area contributed by atoms with E-state index in [1.165, 1.54) is 0 Å². The van der Waals surface area contributed by atoms with Gasteiger partial charge in [-0.25, -0.2) is 14.6 Å². The number of carbonyl (C=O) groups is 5. The van der Waals surface area contributed by atoms with Gasteiger partial charge in [0.25, 0.3) is 11.8 Å². The summed E-state index contributed by atoms with van der Waals surface area (Å²) < 4.78 is 18.9. The summed E-state index contributed by atoms with van der Waals surface area (Å²) in [5, 5.41) is 17.4. The topological polar surface area (TPSA) is 217 Å². The molecule has 6 aromatic rings. The highest BCUT2D eigenvalue weighted by Crippen LogP contribution is 2.42. The van der Waals surface area contributed by atoms with Crippen LogP contribution in [0.15, 0.2) is 40.9 Å². The van der Waals surface area contributed by atoms with Gasteiger partial charge in [-0.15, -0.1) is 0 Å². The van der Waals surface area contributed by atoms with Gasteiger partial charge in [0.2, 0.25) is 0 Å². The highest BCUT2D eigenvalue weighted by molar-refractivity contribution is 6.25. The number of imide groups is 1. The monoisotopic (exact) mass is 855 g/mol. The molecule has 0 radical (unpaired) electrons. The zero-order valence-corrected chi connectivity index (χ0v) is 35.8. The van der Waals surface area contributed by atoms with Crippen LogP contribution in [-0.4, -0.2) is 103 Å². The molecule has 17 heteroatoms. The summed E-state index contributed by atoms with van der Waals surface area (Å²) >= 11 is 0. The predicted molar refractivity (Wildman–Crippen MR) is 233 cm³/mol. The minimum absolute atomic E-state index is 0.0989. The molecule has 5 heterocycles. The molecule has 1 unspecified atom stereocenters. The fraction of sp³-hybridized carbons (Fsp3) is 0.413. The minimum atomic E-state index is -0.926. The number of ether oxygens (including phenoxy) is 2. The Bertz CT molecular complexity index is 2800. The molecule has 326 valence electrons. The molecule has 3 aliphatic rings. The first-order chi connectivity index (χ1) is 30.5. The second-order valence-corrected chi connectivity index (χ2v) is 16.4. The molecule has 2 fully saturated rings. The Morgan fingerprint density at radius 1 is 0.937 bits per heavy atom. The first kappa shape index (κ1) is 41.7. The summed E-state index contributed by atoms with van der Waals surface area (Å²) in [4.78, 5) is 78.5. The first-order valence-electron chi connectivity index (χ1n) is 21.6. The maximum atomic E-state index is 13.7. The van der Waals surface area contributed by atoms with Crippen LogP contribution >= 0.6 is 0 Å². The number of amides is 2. The van der Waals surface area contributed by atoms with Crippen LogP contribution in [0, 0.1) is 20.8 Å². The van der Waals surface area contributed by atoms with Crippen molar-refractivity contribution in [3.8, 4) is 11.1 Å². The third kappa shape index (κ3) is 8.13. The van der Waals surface area contributed by atoms with E-state index >= 15 is 0 Å². The van der Waals surface area contributed by atoms with Gasteiger partial charge >= 0.3 is 0 Å². The number of anilines is 3. The number of hydrogen-bond acceptors (Lipinski definition) is 14. The number of carbonyl (C=O) groups excluding carboxylic acids is 5. The summed E-state index contributed by atoms with van der Waals surface area (Å²) in [6.07, 6.45) is 2.93. The number of aromatic nitrogens is 6. The standard InChI is InChI=1S/C46H49N9O8/c1-5-54-38(23-33(52-54)27-11-12-27)49-44-41-31-20-24(2)30(39-25(3)53-63-26(39)4)22-34(31)48-43(41)50-42(51-44)36(57)10-7-16-61-18-19-62-17-15-47-32-9-6-8-29-40(32)46(60)55(45(29)59)35-14-13-28(56)21-37(35)58/h6,8-9,20,22-23,27,35,47H,5,7,10-19,21H2,1-4H3,(H2,48,49,50,51). The van der Waals surface area contributed by atoms with Gasteiger partial charge < -0.3 is 29.6 Å². The number of hydrogen-bond donors (Lipinski definition) is 3. The maximum absolute atomic E-state index is 13.7. The molecule has 2 amide bonds. The van der Waals surface area contributed by atoms with Crippen molar-refractivity contribution >= 4 is 68.4 Å². The van der Waals surface area contributed by atoms with Gasteiger partial charge in [0, 0.05) is 66.7 Å². The SMILES string of the molecule is CCn1nc(C2CC2)cc1Nc1nc(C(=O)CCCOCCOCCNc2cccc3c2C(=O)N(C2CCC(=O)CC2=O)C3=O)nc2[nH]c3cc(-c4c(C)noc4C)c(C)cc3c12. The Kier molecular flexibility index (Phi) is 11.5. The van der Waals surface area contributed by atoms with E-state index in [0.29, 0.717) is 69.0 Å². The number of nitrogens with one attached hydrogen (secondary N) is 3. The van der Waals surface area contributed by atoms with Crippen LogP contribution in [0.25, 0.3) is 33.1 Å². The lowest BCUT2D eigenvalue weighted by atomic mass is 9.92. The van der Waals surface area contributed by atoms with E-state index < -0.39 is 23.6 Å². The number of aromatic amines is 1. The van der Waals surface area contributed by atoms with Gasteiger partial charge in [0.1, 0.15) is 28.8 Å². The number of Topliss-reactive ketones (excluding diaryl/α,β-unsaturated/α-hetero) is 3. The number of ketones is 3. The molecule has 3 N–H and O–H groups in total. The van der Waals surface area contributed by atoms with Gasteiger partial charge in [0.05, 0.1) is 60.2 Å². The number of fused-ring (bicyclic) bond motifs is 4. The molecule has 1 aliphatic heterocycles. The zero-order valence-electron chi connectivity index (χ0n) is 35.8.